The van der Waals surface area contributed by atoms with Crippen LogP contribution < -0.4 is 0 Å². The molecule has 0 saturated carbocycles. The summed E-state index contributed by atoms with van der Waals surface area (Å²) < 4.78 is 2.74. The fourth-order valence-corrected chi connectivity index (χ4v) is 3.26. The third-order valence-electron chi connectivity index (χ3n) is 4.09. The van der Waals surface area contributed by atoms with Crippen LogP contribution in [0.1, 0.15) is 22.5 Å². The van der Waals surface area contributed by atoms with Crippen molar-refractivity contribution in [1.82, 2.24) is 9.78 Å². The standard InChI is InChI=1S/C16H21BrN2O2/c1-11-6-4-5-7-13(11)16(9-20,10-21)8-14-15(17)12(2)18-19(14)3/h4-7,20-21H,8-10H2,1-3H3. The highest BCUT2D eigenvalue weighted by Gasteiger charge is 2.34. The van der Waals surface area contributed by atoms with Crippen molar-refractivity contribution < 1.29 is 10.2 Å². The minimum absolute atomic E-state index is 0.120. The third-order valence-corrected chi connectivity index (χ3v) is 5.12. The molecule has 21 heavy (non-hydrogen) atoms. The van der Waals surface area contributed by atoms with Crippen molar-refractivity contribution in [3.63, 3.8) is 0 Å². The molecule has 0 fully saturated rings. The Bertz CT molecular complexity index is 633. The average Bonchev–Trinajstić information content (AvgIpc) is 2.71. The summed E-state index contributed by atoms with van der Waals surface area (Å²) in [6, 6.07) is 7.87. The second kappa shape index (κ2) is 6.30. The van der Waals surface area contributed by atoms with Gasteiger partial charge in [-0.05, 0) is 40.9 Å². The molecule has 0 aliphatic carbocycles. The Kier molecular flexibility index (Phi) is 4.86. The first-order chi connectivity index (χ1) is 9.95. The van der Waals surface area contributed by atoms with Gasteiger partial charge in [0.25, 0.3) is 0 Å². The van der Waals surface area contributed by atoms with Crippen molar-refractivity contribution in [3.8, 4) is 0 Å². The Morgan fingerprint density at radius 3 is 2.29 bits per heavy atom. The van der Waals surface area contributed by atoms with Gasteiger partial charge in [-0.3, -0.25) is 4.68 Å². The lowest BCUT2D eigenvalue weighted by atomic mass is 9.76. The summed E-state index contributed by atoms with van der Waals surface area (Å²) in [6.07, 6.45) is 0.517. The van der Waals surface area contributed by atoms with Gasteiger partial charge in [-0.25, -0.2) is 0 Å². The van der Waals surface area contributed by atoms with E-state index in [2.05, 4.69) is 21.0 Å². The van der Waals surface area contributed by atoms with Crippen molar-refractivity contribution >= 4 is 15.9 Å². The molecule has 1 heterocycles. The van der Waals surface area contributed by atoms with Crippen LogP contribution in [0.3, 0.4) is 0 Å². The number of rotatable bonds is 5. The molecule has 0 atom stereocenters. The van der Waals surface area contributed by atoms with Gasteiger partial charge in [0.1, 0.15) is 0 Å². The molecule has 1 aromatic heterocycles. The maximum Gasteiger partial charge on any atom is 0.0738 e. The van der Waals surface area contributed by atoms with E-state index in [1.54, 1.807) is 4.68 Å². The zero-order chi connectivity index (χ0) is 15.6. The first kappa shape index (κ1) is 16.2. The zero-order valence-corrected chi connectivity index (χ0v) is 14.2. The van der Waals surface area contributed by atoms with Crippen LogP contribution in [0.4, 0.5) is 0 Å². The molecular formula is C16H21BrN2O2. The Labute approximate surface area is 133 Å². The average molecular weight is 353 g/mol. The molecule has 114 valence electrons. The largest absolute Gasteiger partial charge is 0.395 e. The first-order valence-corrected chi connectivity index (χ1v) is 7.70. The molecule has 5 heteroatoms. The van der Waals surface area contributed by atoms with E-state index in [0.29, 0.717) is 6.42 Å². The minimum atomic E-state index is -0.714. The van der Waals surface area contributed by atoms with Gasteiger partial charge in [-0.2, -0.15) is 5.10 Å². The highest BCUT2D eigenvalue weighted by Crippen LogP contribution is 2.33. The molecule has 0 aliphatic rings. The third kappa shape index (κ3) is 2.91. The van der Waals surface area contributed by atoms with Crippen LogP contribution in [0.25, 0.3) is 0 Å². The van der Waals surface area contributed by atoms with Crippen molar-refractivity contribution in [2.75, 3.05) is 13.2 Å². The van der Waals surface area contributed by atoms with Crippen molar-refractivity contribution in [2.45, 2.75) is 25.7 Å². The molecule has 0 saturated heterocycles. The zero-order valence-electron chi connectivity index (χ0n) is 12.6. The maximum absolute atomic E-state index is 10.00. The van der Waals surface area contributed by atoms with Gasteiger partial charge in [0.15, 0.2) is 0 Å². The number of hydrogen-bond acceptors (Lipinski definition) is 3. The van der Waals surface area contributed by atoms with E-state index in [0.717, 1.165) is 27.0 Å². The van der Waals surface area contributed by atoms with Gasteiger partial charge in [0, 0.05) is 18.9 Å². The summed E-state index contributed by atoms with van der Waals surface area (Å²) in [5.74, 6) is 0. The maximum atomic E-state index is 10.00. The summed E-state index contributed by atoms with van der Waals surface area (Å²) in [6.45, 7) is 3.69. The Morgan fingerprint density at radius 1 is 1.19 bits per heavy atom. The summed E-state index contributed by atoms with van der Waals surface area (Å²) in [4.78, 5) is 0. The predicted molar refractivity (Wildman–Crippen MR) is 86.4 cm³/mol. The Hall–Kier alpha value is -1.17. The van der Waals surface area contributed by atoms with Crippen LogP contribution >= 0.6 is 15.9 Å². The predicted octanol–water partition coefficient (Wildman–Crippen LogP) is 2.26. The van der Waals surface area contributed by atoms with Gasteiger partial charge < -0.3 is 10.2 Å². The molecular weight excluding hydrogens is 332 g/mol. The summed E-state index contributed by atoms with van der Waals surface area (Å²) in [5.41, 5.74) is 3.20. The van der Waals surface area contributed by atoms with Gasteiger partial charge in [0.05, 0.1) is 29.1 Å². The number of nitrogens with zero attached hydrogens (tertiary/aromatic N) is 2. The fraction of sp³-hybridized carbons (Fsp3) is 0.438. The number of aromatic nitrogens is 2. The molecule has 1 aromatic carbocycles. The van der Waals surface area contributed by atoms with E-state index in [4.69, 9.17) is 0 Å². The molecule has 2 aromatic rings. The van der Waals surface area contributed by atoms with Crippen LogP contribution in [-0.2, 0) is 18.9 Å². The molecule has 0 radical (unpaired) electrons. The highest BCUT2D eigenvalue weighted by molar-refractivity contribution is 9.10. The van der Waals surface area contributed by atoms with E-state index >= 15 is 0 Å². The SMILES string of the molecule is Cc1ccccc1C(CO)(CO)Cc1c(Br)c(C)nn1C. The van der Waals surface area contributed by atoms with Crippen LogP contribution in [-0.4, -0.2) is 33.2 Å². The number of benzene rings is 1. The molecule has 0 aliphatic heterocycles. The molecule has 0 spiro atoms. The lowest BCUT2D eigenvalue weighted by Gasteiger charge is -2.32. The number of aliphatic hydroxyl groups is 2. The molecule has 0 bridgehead atoms. The Balaban J connectivity index is 2.51. The number of aryl methyl sites for hydroxylation is 3. The second-order valence-corrected chi connectivity index (χ2v) is 6.35. The van der Waals surface area contributed by atoms with Crippen molar-refractivity contribution in [1.29, 1.82) is 0 Å². The van der Waals surface area contributed by atoms with Crippen molar-refractivity contribution in [2.24, 2.45) is 7.05 Å². The fourth-order valence-electron chi connectivity index (χ4n) is 2.79. The van der Waals surface area contributed by atoms with Crippen molar-refractivity contribution in [3.05, 3.63) is 51.3 Å². The molecule has 2 rings (SSSR count). The molecule has 0 unspecified atom stereocenters. The highest BCUT2D eigenvalue weighted by atomic mass is 79.9. The van der Waals surface area contributed by atoms with Gasteiger partial charge in [-0.1, -0.05) is 24.3 Å². The van der Waals surface area contributed by atoms with Gasteiger partial charge >= 0.3 is 0 Å². The minimum Gasteiger partial charge on any atom is -0.395 e. The van der Waals surface area contributed by atoms with Crippen LogP contribution in [0, 0.1) is 13.8 Å². The van der Waals surface area contributed by atoms with Crippen LogP contribution in [0.15, 0.2) is 28.7 Å². The molecule has 4 nitrogen and oxygen atoms in total. The van der Waals surface area contributed by atoms with E-state index in [9.17, 15) is 10.2 Å². The molecule has 0 amide bonds. The number of aliphatic hydroxyl groups excluding tert-OH is 2. The first-order valence-electron chi connectivity index (χ1n) is 6.91. The van der Waals surface area contributed by atoms with Gasteiger partial charge in [-0.15, -0.1) is 0 Å². The quantitative estimate of drug-likeness (QED) is 0.867. The van der Waals surface area contributed by atoms with E-state index in [-0.39, 0.29) is 13.2 Å². The van der Waals surface area contributed by atoms with E-state index in [1.807, 2.05) is 45.2 Å². The lowest BCUT2D eigenvalue weighted by Crippen LogP contribution is -2.38. The second-order valence-electron chi connectivity index (χ2n) is 5.56. The summed E-state index contributed by atoms with van der Waals surface area (Å²) in [7, 11) is 1.88. The normalized spacial score (nSPS) is 11.9. The molecule has 2 N–H and O–H groups in total. The number of hydrogen-bond donors (Lipinski definition) is 2. The van der Waals surface area contributed by atoms with Gasteiger partial charge in [0.2, 0.25) is 0 Å². The van der Waals surface area contributed by atoms with E-state index < -0.39 is 5.41 Å². The topological polar surface area (TPSA) is 58.3 Å². The summed E-state index contributed by atoms with van der Waals surface area (Å²) in [5, 5.41) is 24.4. The van der Waals surface area contributed by atoms with Crippen LogP contribution in [0.2, 0.25) is 0 Å². The summed E-state index contributed by atoms with van der Waals surface area (Å²) >= 11 is 3.56. The smallest absolute Gasteiger partial charge is 0.0738 e. The number of halogens is 1. The van der Waals surface area contributed by atoms with Crippen LogP contribution in [0.5, 0.6) is 0 Å². The van der Waals surface area contributed by atoms with E-state index in [1.165, 1.54) is 0 Å². The lowest BCUT2D eigenvalue weighted by molar-refractivity contribution is 0.114. The Morgan fingerprint density at radius 2 is 1.81 bits per heavy atom. The monoisotopic (exact) mass is 352 g/mol.